The monoisotopic (exact) mass is 397 g/mol. The Balaban J connectivity index is 1.61. The van der Waals surface area contributed by atoms with Crippen molar-refractivity contribution in [1.29, 1.82) is 0 Å². The highest BCUT2D eigenvalue weighted by Gasteiger charge is 2.08. The van der Waals surface area contributed by atoms with Crippen LogP contribution in [0.3, 0.4) is 0 Å². The van der Waals surface area contributed by atoms with Crippen LogP contribution in [0.2, 0.25) is 0 Å². The molecule has 1 aromatic heterocycles. The minimum Gasteiger partial charge on any atom is -0.497 e. The van der Waals surface area contributed by atoms with Crippen LogP contribution in [0.15, 0.2) is 47.3 Å². The summed E-state index contributed by atoms with van der Waals surface area (Å²) in [6.45, 7) is 2.53. The molecule has 3 N–H and O–H groups in total. The van der Waals surface area contributed by atoms with E-state index in [1.807, 2.05) is 43.3 Å². The van der Waals surface area contributed by atoms with E-state index in [1.54, 1.807) is 20.3 Å². The van der Waals surface area contributed by atoms with Gasteiger partial charge in [-0.05, 0) is 60.8 Å². The fourth-order valence-electron chi connectivity index (χ4n) is 2.92. The largest absolute Gasteiger partial charge is 0.497 e. The predicted octanol–water partition coefficient (Wildman–Crippen LogP) is 3.38. The number of methoxy groups -OCH3 is 2. The Kier molecular flexibility index (Phi) is 6.16. The summed E-state index contributed by atoms with van der Waals surface area (Å²) in [5.41, 5.74) is 3.34. The van der Waals surface area contributed by atoms with Crippen LogP contribution in [0.25, 0.3) is 10.9 Å². The van der Waals surface area contributed by atoms with Crippen molar-refractivity contribution in [3.63, 3.8) is 0 Å². The van der Waals surface area contributed by atoms with E-state index in [0.29, 0.717) is 35.1 Å². The van der Waals surface area contributed by atoms with Crippen molar-refractivity contribution in [2.75, 3.05) is 26.1 Å². The van der Waals surface area contributed by atoms with E-state index in [2.05, 4.69) is 15.6 Å². The number of aryl methyl sites for hydroxylation is 1. The first kappa shape index (κ1) is 19.7. The highest BCUT2D eigenvalue weighted by atomic mass is 32.1. The summed E-state index contributed by atoms with van der Waals surface area (Å²) in [6, 6.07) is 13.4. The van der Waals surface area contributed by atoms with E-state index in [0.717, 1.165) is 22.2 Å². The lowest BCUT2D eigenvalue weighted by molar-refractivity contribution is 0.395. The molecule has 3 rings (SSSR count). The molecule has 7 heteroatoms. The quantitative estimate of drug-likeness (QED) is 0.554. The van der Waals surface area contributed by atoms with Crippen LogP contribution in [-0.4, -0.2) is 30.9 Å². The minimum atomic E-state index is -0.0735. The second-order valence-corrected chi connectivity index (χ2v) is 6.82. The topological polar surface area (TPSA) is 75.4 Å². The molecule has 3 aromatic rings. The number of pyridine rings is 1. The van der Waals surface area contributed by atoms with Gasteiger partial charge in [0.25, 0.3) is 5.56 Å². The molecule has 146 valence electrons. The fraction of sp³-hybridized carbons (Fsp3) is 0.238. The van der Waals surface area contributed by atoms with Crippen LogP contribution in [0.5, 0.6) is 11.5 Å². The number of hydrogen-bond donors (Lipinski definition) is 3. The lowest BCUT2D eigenvalue weighted by Gasteiger charge is -2.14. The second-order valence-electron chi connectivity index (χ2n) is 6.41. The molecule has 0 bridgehead atoms. The SMILES string of the molecule is COc1ccc(NC(=S)NCCc2cc3ccc(C)cc3[nH]c2=O)c(OC)c1. The Bertz CT molecular complexity index is 1060. The number of anilines is 1. The maximum Gasteiger partial charge on any atom is 0.251 e. The predicted molar refractivity (Wildman–Crippen MR) is 117 cm³/mol. The summed E-state index contributed by atoms with van der Waals surface area (Å²) in [5.74, 6) is 1.33. The minimum absolute atomic E-state index is 0.0735. The molecule has 0 aliphatic heterocycles. The normalized spacial score (nSPS) is 10.5. The number of nitrogens with one attached hydrogen (secondary N) is 3. The van der Waals surface area contributed by atoms with E-state index < -0.39 is 0 Å². The van der Waals surface area contributed by atoms with Gasteiger partial charge in [-0.2, -0.15) is 0 Å². The van der Waals surface area contributed by atoms with Gasteiger partial charge in [-0.1, -0.05) is 12.1 Å². The van der Waals surface area contributed by atoms with Crippen molar-refractivity contribution in [3.05, 3.63) is 63.9 Å². The van der Waals surface area contributed by atoms with Crippen LogP contribution >= 0.6 is 12.2 Å². The smallest absolute Gasteiger partial charge is 0.251 e. The Labute approximate surface area is 168 Å². The molecule has 0 unspecified atom stereocenters. The molecule has 0 amide bonds. The van der Waals surface area contributed by atoms with Gasteiger partial charge in [-0.25, -0.2) is 0 Å². The Hall–Kier alpha value is -3.06. The number of thiocarbonyl (C=S) groups is 1. The summed E-state index contributed by atoms with van der Waals surface area (Å²) in [6.07, 6.45) is 0.556. The molecule has 0 aliphatic rings. The third-order valence-electron chi connectivity index (χ3n) is 4.42. The average molecular weight is 398 g/mol. The molecule has 28 heavy (non-hydrogen) atoms. The molecule has 0 saturated carbocycles. The van der Waals surface area contributed by atoms with Crippen molar-refractivity contribution in [2.45, 2.75) is 13.3 Å². The summed E-state index contributed by atoms with van der Waals surface area (Å²) >= 11 is 5.35. The van der Waals surface area contributed by atoms with Gasteiger partial charge in [0, 0.05) is 23.7 Å². The molecule has 0 spiro atoms. The van der Waals surface area contributed by atoms with Gasteiger partial charge in [0.2, 0.25) is 0 Å². The van der Waals surface area contributed by atoms with Crippen LogP contribution < -0.4 is 25.7 Å². The third kappa shape index (κ3) is 4.61. The molecule has 1 heterocycles. The van der Waals surface area contributed by atoms with Crippen LogP contribution in [0.1, 0.15) is 11.1 Å². The summed E-state index contributed by atoms with van der Waals surface area (Å²) < 4.78 is 10.5. The van der Waals surface area contributed by atoms with Crippen molar-refractivity contribution >= 4 is 33.9 Å². The first-order valence-electron chi connectivity index (χ1n) is 8.89. The molecule has 6 nitrogen and oxygen atoms in total. The molecule has 0 atom stereocenters. The molecule has 0 fully saturated rings. The summed E-state index contributed by atoms with van der Waals surface area (Å²) in [5, 5.41) is 7.70. The highest BCUT2D eigenvalue weighted by molar-refractivity contribution is 7.80. The molecular formula is C21H23N3O3S. The third-order valence-corrected chi connectivity index (χ3v) is 4.66. The Morgan fingerprint density at radius 2 is 1.93 bits per heavy atom. The van der Waals surface area contributed by atoms with Gasteiger partial charge in [-0.3, -0.25) is 4.79 Å². The number of benzene rings is 2. The number of aromatic nitrogens is 1. The van der Waals surface area contributed by atoms with E-state index in [1.165, 1.54) is 0 Å². The lowest BCUT2D eigenvalue weighted by atomic mass is 10.1. The number of fused-ring (bicyclic) bond motifs is 1. The summed E-state index contributed by atoms with van der Waals surface area (Å²) in [7, 11) is 3.19. The Morgan fingerprint density at radius 1 is 1.11 bits per heavy atom. The van der Waals surface area contributed by atoms with Gasteiger partial charge in [0.1, 0.15) is 11.5 Å². The summed E-state index contributed by atoms with van der Waals surface area (Å²) in [4.78, 5) is 15.2. The van der Waals surface area contributed by atoms with Crippen molar-refractivity contribution in [3.8, 4) is 11.5 Å². The van der Waals surface area contributed by atoms with Crippen LogP contribution in [0, 0.1) is 6.92 Å². The first-order valence-corrected chi connectivity index (χ1v) is 9.30. The van der Waals surface area contributed by atoms with Crippen molar-refractivity contribution in [2.24, 2.45) is 0 Å². The number of rotatable bonds is 6. The molecule has 0 saturated heterocycles. The van der Waals surface area contributed by atoms with Crippen molar-refractivity contribution in [1.82, 2.24) is 10.3 Å². The van der Waals surface area contributed by atoms with Gasteiger partial charge < -0.3 is 25.1 Å². The van der Waals surface area contributed by atoms with Gasteiger partial charge >= 0.3 is 0 Å². The number of aromatic amines is 1. The zero-order valence-electron chi connectivity index (χ0n) is 16.1. The number of ether oxygens (including phenoxy) is 2. The fourth-order valence-corrected chi connectivity index (χ4v) is 3.14. The Morgan fingerprint density at radius 3 is 2.68 bits per heavy atom. The van der Waals surface area contributed by atoms with Crippen LogP contribution in [-0.2, 0) is 6.42 Å². The number of H-pyrrole nitrogens is 1. The van der Waals surface area contributed by atoms with Gasteiger partial charge in [0.05, 0.1) is 19.9 Å². The zero-order valence-corrected chi connectivity index (χ0v) is 16.9. The number of hydrogen-bond acceptors (Lipinski definition) is 4. The van der Waals surface area contributed by atoms with E-state index in [-0.39, 0.29) is 5.56 Å². The molecule has 0 radical (unpaired) electrons. The second kappa shape index (κ2) is 8.75. The lowest BCUT2D eigenvalue weighted by Crippen LogP contribution is -2.31. The van der Waals surface area contributed by atoms with E-state index >= 15 is 0 Å². The average Bonchev–Trinajstić information content (AvgIpc) is 2.68. The van der Waals surface area contributed by atoms with E-state index in [4.69, 9.17) is 21.7 Å². The maximum atomic E-state index is 12.3. The highest BCUT2D eigenvalue weighted by Crippen LogP contribution is 2.28. The first-order chi connectivity index (χ1) is 13.5. The van der Waals surface area contributed by atoms with Gasteiger partial charge in [-0.15, -0.1) is 0 Å². The standard InChI is InChI=1S/C21H23N3O3S/c1-13-4-5-14-11-15(20(25)23-18(14)10-13)8-9-22-21(28)24-17-7-6-16(26-2)12-19(17)27-3/h4-7,10-12H,8-9H2,1-3H3,(H,23,25)(H2,22,24,28). The van der Waals surface area contributed by atoms with Crippen LogP contribution in [0.4, 0.5) is 5.69 Å². The molecule has 0 aliphatic carbocycles. The van der Waals surface area contributed by atoms with E-state index in [9.17, 15) is 4.79 Å². The molecule has 2 aromatic carbocycles. The van der Waals surface area contributed by atoms with Crippen molar-refractivity contribution < 1.29 is 9.47 Å². The zero-order chi connectivity index (χ0) is 20.1. The van der Waals surface area contributed by atoms with Gasteiger partial charge in [0.15, 0.2) is 5.11 Å². The molecular weight excluding hydrogens is 374 g/mol. The maximum absolute atomic E-state index is 12.3.